The lowest BCUT2D eigenvalue weighted by molar-refractivity contribution is 0.456. The Morgan fingerprint density at radius 3 is 1.60 bits per heavy atom. The van der Waals surface area contributed by atoms with Gasteiger partial charge in [-0.2, -0.15) is 8.42 Å². The highest BCUT2D eigenvalue weighted by Crippen LogP contribution is 2.14. The van der Waals surface area contributed by atoms with Gasteiger partial charge in [0.2, 0.25) is 0 Å². The van der Waals surface area contributed by atoms with E-state index in [-0.39, 0.29) is 6.54 Å². The van der Waals surface area contributed by atoms with Gasteiger partial charge in [-0.1, -0.05) is 77.6 Å². The smallest absolute Gasteiger partial charge is 0.269 e. The van der Waals surface area contributed by atoms with E-state index in [1.54, 1.807) is 0 Å². The van der Waals surface area contributed by atoms with Crippen molar-refractivity contribution in [3.05, 3.63) is 0 Å². The summed E-state index contributed by atoms with van der Waals surface area (Å²) in [5.41, 5.74) is 5.35. The number of hydrogen-bond donors (Lipinski definition) is 2. The maximum Gasteiger partial charge on any atom is 0.269 e. The third-order valence-electron chi connectivity index (χ3n) is 3.81. The van der Waals surface area contributed by atoms with Crippen LogP contribution in [-0.2, 0) is 10.1 Å². The maximum atomic E-state index is 11.0. The monoisotopic (exact) mass is 307 g/mol. The van der Waals surface area contributed by atoms with Crippen LogP contribution in [0.1, 0.15) is 84.0 Å². The molecule has 0 fully saturated rings. The molecular weight excluding hydrogens is 274 g/mol. The van der Waals surface area contributed by atoms with E-state index < -0.39 is 15.4 Å². The van der Waals surface area contributed by atoms with Crippen molar-refractivity contribution in [3.63, 3.8) is 0 Å². The van der Waals surface area contributed by atoms with Crippen LogP contribution in [0.2, 0.25) is 0 Å². The largest absolute Gasteiger partial charge is 0.329 e. The number of rotatable bonds is 14. The number of nitrogens with two attached hydrogens (primary N) is 1. The van der Waals surface area contributed by atoms with Crippen LogP contribution < -0.4 is 5.73 Å². The average molecular weight is 308 g/mol. The van der Waals surface area contributed by atoms with Crippen LogP contribution in [0.3, 0.4) is 0 Å². The molecule has 0 radical (unpaired) electrons. The van der Waals surface area contributed by atoms with Crippen molar-refractivity contribution in [3.8, 4) is 0 Å². The summed E-state index contributed by atoms with van der Waals surface area (Å²) in [6, 6.07) is 0. The van der Waals surface area contributed by atoms with Gasteiger partial charge < -0.3 is 5.73 Å². The Kier molecular flexibility index (Phi) is 12.5. The van der Waals surface area contributed by atoms with E-state index in [0.29, 0.717) is 6.42 Å². The molecule has 0 heterocycles. The fourth-order valence-electron chi connectivity index (χ4n) is 2.42. The Morgan fingerprint density at radius 1 is 0.850 bits per heavy atom. The second kappa shape index (κ2) is 12.6. The molecule has 0 saturated heterocycles. The van der Waals surface area contributed by atoms with Crippen molar-refractivity contribution in [1.29, 1.82) is 0 Å². The molecule has 0 saturated carbocycles. The van der Waals surface area contributed by atoms with Gasteiger partial charge in [0.1, 0.15) is 0 Å². The fraction of sp³-hybridized carbons (Fsp3) is 1.00. The summed E-state index contributed by atoms with van der Waals surface area (Å²) in [7, 11) is -3.95. The topological polar surface area (TPSA) is 80.4 Å². The van der Waals surface area contributed by atoms with E-state index in [0.717, 1.165) is 19.3 Å². The minimum Gasteiger partial charge on any atom is -0.329 e. The van der Waals surface area contributed by atoms with Gasteiger partial charge in [-0.05, 0) is 6.42 Å². The van der Waals surface area contributed by atoms with Gasteiger partial charge in [0.15, 0.2) is 0 Å². The van der Waals surface area contributed by atoms with E-state index in [1.807, 2.05) is 0 Å². The molecule has 0 aliphatic rings. The Bertz CT molecular complexity index is 304. The molecule has 0 aliphatic carbocycles. The summed E-state index contributed by atoms with van der Waals surface area (Å²) in [4.78, 5) is 0. The van der Waals surface area contributed by atoms with Crippen LogP contribution in [0, 0.1) is 0 Å². The summed E-state index contributed by atoms with van der Waals surface area (Å²) < 4.78 is 30.8. The molecule has 1 unspecified atom stereocenters. The minimum absolute atomic E-state index is 0.0105. The molecule has 0 aliphatic heterocycles. The Balaban J connectivity index is 3.32. The van der Waals surface area contributed by atoms with Crippen molar-refractivity contribution in [2.24, 2.45) is 5.73 Å². The van der Waals surface area contributed by atoms with Gasteiger partial charge >= 0.3 is 0 Å². The van der Waals surface area contributed by atoms with Gasteiger partial charge in [-0.15, -0.1) is 0 Å². The zero-order valence-corrected chi connectivity index (χ0v) is 13.8. The molecule has 0 rings (SSSR count). The van der Waals surface area contributed by atoms with Crippen LogP contribution >= 0.6 is 0 Å². The molecule has 0 aromatic rings. The summed E-state index contributed by atoms with van der Waals surface area (Å²) in [5.74, 6) is 0. The van der Waals surface area contributed by atoms with Crippen LogP contribution in [0.15, 0.2) is 0 Å². The molecule has 1 atom stereocenters. The second-order valence-corrected chi connectivity index (χ2v) is 7.39. The maximum absolute atomic E-state index is 11.0. The minimum atomic E-state index is -3.95. The molecular formula is C15H33NO3S. The highest BCUT2D eigenvalue weighted by atomic mass is 32.2. The predicted molar refractivity (Wildman–Crippen MR) is 85.5 cm³/mol. The molecule has 20 heavy (non-hydrogen) atoms. The summed E-state index contributed by atoms with van der Waals surface area (Å²) in [6.45, 7) is 2.24. The number of hydrogen-bond acceptors (Lipinski definition) is 3. The Labute approximate surface area is 125 Å². The summed E-state index contributed by atoms with van der Waals surface area (Å²) in [6.07, 6.45) is 14.1. The fourth-order valence-corrected chi connectivity index (χ4v) is 3.13. The lowest BCUT2D eigenvalue weighted by Crippen LogP contribution is -2.29. The van der Waals surface area contributed by atoms with Gasteiger partial charge in [-0.25, -0.2) is 0 Å². The molecule has 0 aromatic heterocycles. The van der Waals surface area contributed by atoms with Gasteiger partial charge in [0, 0.05) is 6.54 Å². The van der Waals surface area contributed by atoms with Crippen LogP contribution in [0.5, 0.6) is 0 Å². The SMILES string of the molecule is CCCCCCCCCCCCCC(CN)S(=O)(=O)O. The lowest BCUT2D eigenvalue weighted by Gasteiger charge is -2.10. The molecule has 122 valence electrons. The number of unbranched alkanes of at least 4 members (excludes halogenated alkanes) is 10. The van der Waals surface area contributed by atoms with Crippen LogP contribution in [0.25, 0.3) is 0 Å². The first-order chi connectivity index (χ1) is 9.52. The molecule has 0 bridgehead atoms. The van der Waals surface area contributed by atoms with Crippen molar-refractivity contribution in [1.82, 2.24) is 0 Å². The first-order valence-electron chi connectivity index (χ1n) is 8.18. The predicted octanol–water partition coefficient (Wildman–Crippen LogP) is 3.90. The van der Waals surface area contributed by atoms with E-state index in [9.17, 15) is 8.42 Å². The standard InChI is InChI=1S/C15H33NO3S/c1-2-3-4-5-6-7-8-9-10-11-12-13-15(14-16)20(17,18)19/h15H,2-14,16H2,1H3,(H,17,18,19). The lowest BCUT2D eigenvalue weighted by atomic mass is 10.0. The van der Waals surface area contributed by atoms with Crippen molar-refractivity contribution < 1.29 is 13.0 Å². The van der Waals surface area contributed by atoms with Crippen molar-refractivity contribution in [2.75, 3.05) is 6.54 Å². The highest BCUT2D eigenvalue weighted by Gasteiger charge is 2.20. The third-order valence-corrected chi connectivity index (χ3v) is 5.08. The van der Waals surface area contributed by atoms with E-state index in [2.05, 4.69) is 6.92 Å². The Hall–Kier alpha value is -0.130. The molecule has 5 heteroatoms. The second-order valence-electron chi connectivity index (χ2n) is 5.70. The Morgan fingerprint density at radius 2 is 1.25 bits per heavy atom. The highest BCUT2D eigenvalue weighted by molar-refractivity contribution is 7.86. The van der Waals surface area contributed by atoms with Gasteiger partial charge in [0.05, 0.1) is 5.25 Å². The molecule has 4 nitrogen and oxygen atoms in total. The molecule has 0 amide bonds. The first kappa shape index (κ1) is 19.9. The molecule has 0 aromatic carbocycles. The van der Waals surface area contributed by atoms with Crippen molar-refractivity contribution in [2.45, 2.75) is 89.2 Å². The van der Waals surface area contributed by atoms with Gasteiger partial charge in [0.25, 0.3) is 10.1 Å². The van der Waals surface area contributed by atoms with E-state index in [1.165, 1.54) is 51.4 Å². The van der Waals surface area contributed by atoms with Crippen LogP contribution in [0.4, 0.5) is 0 Å². The normalized spacial score (nSPS) is 13.6. The van der Waals surface area contributed by atoms with Crippen molar-refractivity contribution >= 4 is 10.1 Å². The van der Waals surface area contributed by atoms with E-state index in [4.69, 9.17) is 10.3 Å². The van der Waals surface area contributed by atoms with Gasteiger partial charge in [-0.3, -0.25) is 4.55 Å². The quantitative estimate of drug-likeness (QED) is 0.377. The summed E-state index contributed by atoms with van der Waals surface area (Å²) >= 11 is 0. The average Bonchev–Trinajstić information content (AvgIpc) is 2.38. The van der Waals surface area contributed by atoms with E-state index >= 15 is 0 Å². The summed E-state index contributed by atoms with van der Waals surface area (Å²) in [5, 5.41) is -0.777. The first-order valence-corrected chi connectivity index (χ1v) is 9.69. The third kappa shape index (κ3) is 11.7. The zero-order chi connectivity index (χ0) is 15.3. The molecule has 0 spiro atoms. The molecule has 3 N–H and O–H groups in total. The zero-order valence-electron chi connectivity index (χ0n) is 13.0. The van der Waals surface area contributed by atoms with Crippen LogP contribution in [-0.4, -0.2) is 24.8 Å².